The Balaban J connectivity index is 1.85. The van der Waals surface area contributed by atoms with Gasteiger partial charge in [-0.2, -0.15) is 0 Å². The van der Waals surface area contributed by atoms with Crippen LogP contribution in [0.15, 0.2) is 28.7 Å². The first-order chi connectivity index (χ1) is 9.13. The molecule has 0 radical (unpaired) electrons. The van der Waals surface area contributed by atoms with E-state index < -0.39 is 0 Å². The fourth-order valence-corrected chi connectivity index (χ4v) is 2.33. The summed E-state index contributed by atoms with van der Waals surface area (Å²) in [6.45, 7) is 3.29. The Morgan fingerprint density at radius 2 is 1.95 bits per heavy atom. The molecule has 5 heteroatoms. The third kappa shape index (κ3) is 2.29. The highest BCUT2D eigenvalue weighted by molar-refractivity contribution is 5.96. The summed E-state index contributed by atoms with van der Waals surface area (Å²) in [4.78, 5) is 16.4. The largest absolute Gasteiger partial charge is 0.451 e. The van der Waals surface area contributed by atoms with E-state index in [0.29, 0.717) is 17.0 Å². The van der Waals surface area contributed by atoms with Gasteiger partial charge in [-0.1, -0.05) is 0 Å². The number of carbonyl (C=O) groups is 1. The molecule has 19 heavy (non-hydrogen) atoms. The molecule has 1 aromatic heterocycles. The van der Waals surface area contributed by atoms with Gasteiger partial charge < -0.3 is 20.0 Å². The zero-order chi connectivity index (χ0) is 13.4. The van der Waals surface area contributed by atoms with Gasteiger partial charge >= 0.3 is 0 Å². The van der Waals surface area contributed by atoms with Gasteiger partial charge in [0, 0.05) is 37.3 Å². The lowest BCUT2D eigenvalue weighted by molar-refractivity contribution is 0.0635. The topological polar surface area (TPSA) is 62.7 Å². The number of likely N-dealkylation sites (N-methyl/N-ethyl adjacent to an activating group) is 1. The molecule has 0 unspecified atom stereocenters. The summed E-state index contributed by atoms with van der Waals surface area (Å²) >= 11 is 0. The van der Waals surface area contributed by atoms with E-state index in [1.807, 2.05) is 11.0 Å². The molecule has 1 aromatic carbocycles. The Kier molecular flexibility index (Phi) is 2.91. The minimum Gasteiger partial charge on any atom is -0.451 e. The minimum atomic E-state index is -0.0390. The second-order valence-electron chi connectivity index (χ2n) is 5.00. The first-order valence-corrected chi connectivity index (χ1v) is 6.40. The highest BCUT2D eigenvalue weighted by Gasteiger charge is 2.23. The number of furan rings is 1. The van der Waals surface area contributed by atoms with Gasteiger partial charge in [-0.05, 0) is 31.3 Å². The van der Waals surface area contributed by atoms with Crippen molar-refractivity contribution in [2.75, 3.05) is 39.0 Å². The van der Waals surface area contributed by atoms with E-state index in [0.717, 1.165) is 31.6 Å². The highest BCUT2D eigenvalue weighted by atomic mass is 16.3. The first-order valence-electron chi connectivity index (χ1n) is 6.40. The minimum absolute atomic E-state index is 0.0390. The number of hydrogen-bond acceptors (Lipinski definition) is 4. The van der Waals surface area contributed by atoms with Crippen LogP contribution in [-0.4, -0.2) is 48.9 Å². The monoisotopic (exact) mass is 259 g/mol. The molecule has 0 saturated carbocycles. The van der Waals surface area contributed by atoms with Crippen LogP contribution in [0, 0.1) is 0 Å². The predicted octanol–water partition coefficient (Wildman–Crippen LogP) is 1.40. The summed E-state index contributed by atoms with van der Waals surface area (Å²) < 4.78 is 5.60. The maximum absolute atomic E-state index is 12.3. The number of carbonyl (C=O) groups excluding carboxylic acids is 1. The Morgan fingerprint density at radius 3 is 2.68 bits per heavy atom. The van der Waals surface area contributed by atoms with E-state index in [-0.39, 0.29) is 5.91 Å². The van der Waals surface area contributed by atoms with Crippen molar-refractivity contribution >= 4 is 22.6 Å². The number of hydrogen-bond donors (Lipinski definition) is 1. The van der Waals surface area contributed by atoms with Crippen LogP contribution in [0.4, 0.5) is 5.69 Å². The van der Waals surface area contributed by atoms with Crippen molar-refractivity contribution in [3.05, 3.63) is 30.0 Å². The maximum atomic E-state index is 12.3. The van der Waals surface area contributed by atoms with Crippen molar-refractivity contribution in [2.45, 2.75) is 0 Å². The SMILES string of the molecule is CN1CCN(C(=O)c2cc3cc(N)ccc3o2)CC1. The zero-order valence-corrected chi connectivity index (χ0v) is 10.9. The second kappa shape index (κ2) is 4.59. The molecule has 0 bridgehead atoms. The molecule has 0 atom stereocenters. The fourth-order valence-electron chi connectivity index (χ4n) is 2.33. The van der Waals surface area contributed by atoms with Crippen LogP contribution >= 0.6 is 0 Å². The Bertz CT molecular complexity index is 612. The molecule has 0 spiro atoms. The van der Waals surface area contributed by atoms with Crippen LogP contribution in [0.1, 0.15) is 10.6 Å². The summed E-state index contributed by atoms with van der Waals surface area (Å²) in [5.41, 5.74) is 7.10. The third-order valence-corrected chi connectivity index (χ3v) is 3.54. The van der Waals surface area contributed by atoms with Gasteiger partial charge in [0.15, 0.2) is 5.76 Å². The number of amides is 1. The smallest absolute Gasteiger partial charge is 0.289 e. The van der Waals surface area contributed by atoms with Crippen molar-refractivity contribution in [1.29, 1.82) is 0 Å². The standard InChI is InChI=1S/C14H17N3O2/c1-16-4-6-17(7-5-16)14(18)13-9-10-8-11(15)2-3-12(10)19-13/h2-3,8-9H,4-7,15H2,1H3. The highest BCUT2D eigenvalue weighted by Crippen LogP contribution is 2.23. The first kappa shape index (κ1) is 12.0. The summed E-state index contributed by atoms with van der Waals surface area (Å²) in [7, 11) is 2.06. The number of rotatable bonds is 1. The van der Waals surface area contributed by atoms with Crippen LogP contribution in [0.25, 0.3) is 11.0 Å². The molecular formula is C14H17N3O2. The molecule has 1 aliphatic heterocycles. The van der Waals surface area contributed by atoms with Crippen molar-refractivity contribution in [3.63, 3.8) is 0 Å². The number of nitrogens with two attached hydrogens (primary N) is 1. The fraction of sp³-hybridized carbons (Fsp3) is 0.357. The molecule has 1 saturated heterocycles. The molecule has 3 rings (SSSR count). The Morgan fingerprint density at radius 1 is 1.21 bits per heavy atom. The van der Waals surface area contributed by atoms with Crippen LogP contribution in [0.5, 0.6) is 0 Å². The quantitative estimate of drug-likeness (QED) is 0.786. The van der Waals surface area contributed by atoms with Gasteiger partial charge in [-0.3, -0.25) is 4.79 Å². The number of fused-ring (bicyclic) bond motifs is 1. The van der Waals surface area contributed by atoms with E-state index in [2.05, 4.69) is 11.9 Å². The van der Waals surface area contributed by atoms with Crippen molar-refractivity contribution in [3.8, 4) is 0 Å². The number of anilines is 1. The molecule has 2 heterocycles. The van der Waals surface area contributed by atoms with Crippen LogP contribution in [0.3, 0.4) is 0 Å². The molecule has 2 N–H and O–H groups in total. The summed E-state index contributed by atoms with van der Waals surface area (Å²) in [5, 5.41) is 0.873. The average Bonchev–Trinajstić information content (AvgIpc) is 2.81. The van der Waals surface area contributed by atoms with Crippen LogP contribution < -0.4 is 5.73 Å². The van der Waals surface area contributed by atoms with Gasteiger partial charge in [0.05, 0.1) is 0 Å². The maximum Gasteiger partial charge on any atom is 0.289 e. The number of nitrogen functional groups attached to an aromatic ring is 1. The van der Waals surface area contributed by atoms with Gasteiger partial charge in [0.2, 0.25) is 0 Å². The third-order valence-electron chi connectivity index (χ3n) is 3.54. The van der Waals surface area contributed by atoms with E-state index in [1.54, 1.807) is 18.2 Å². The van der Waals surface area contributed by atoms with Gasteiger partial charge in [0.25, 0.3) is 5.91 Å². The lowest BCUT2D eigenvalue weighted by atomic mass is 10.2. The number of nitrogens with zero attached hydrogens (tertiary/aromatic N) is 2. The van der Waals surface area contributed by atoms with E-state index in [9.17, 15) is 4.79 Å². The van der Waals surface area contributed by atoms with Crippen LogP contribution in [-0.2, 0) is 0 Å². The lowest BCUT2D eigenvalue weighted by Crippen LogP contribution is -2.47. The predicted molar refractivity (Wildman–Crippen MR) is 74.0 cm³/mol. The normalized spacial score (nSPS) is 17.0. The summed E-state index contributed by atoms with van der Waals surface area (Å²) in [6, 6.07) is 7.16. The van der Waals surface area contributed by atoms with E-state index >= 15 is 0 Å². The van der Waals surface area contributed by atoms with Gasteiger partial charge in [-0.15, -0.1) is 0 Å². The number of piperazine rings is 1. The lowest BCUT2D eigenvalue weighted by Gasteiger charge is -2.31. The van der Waals surface area contributed by atoms with Crippen LogP contribution in [0.2, 0.25) is 0 Å². The summed E-state index contributed by atoms with van der Waals surface area (Å²) in [6.07, 6.45) is 0. The van der Waals surface area contributed by atoms with E-state index in [1.165, 1.54) is 0 Å². The van der Waals surface area contributed by atoms with Gasteiger partial charge in [-0.25, -0.2) is 0 Å². The molecule has 100 valence electrons. The molecule has 0 aliphatic carbocycles. The molecular weight excluding hydrogens is 242 g/mol. The number of benzene rings is 1. The zero-order valence-electron chi connectivity index (χ0n) is 10.9. The summed E-state index contributed by atoms with van der Waals surface area (Å²) in [5.74, 6) is 0.355. The molecule has 2 aromatic rings. The van der Waals surface area contributed by atoms with Crippen molar-refractivity contribution in [2.24, 2.45) is 0 Å². The van der Waals surface area contributed by atoms with Gasteiger partial charge in [0.1, 0.15) is 5.58 Å². The van der Waals surface area contributed by atoms with Crippen molar-refractivity contribution in [1.82, 2.24) is 9.80 Å². The molecule has 1 amide bonds. The average molecular weight is 259 g/mol. The van der Waals surface area contributed by atoms with E-state index in [4.69, 9.17) is 10.2 Å². The Hall–Kier alpha value is -2.01. The van der Waals surface area contributed by atoms with Crippen molar-refractivity contribution < 1.29 is 9.21 Å². The molecule has 1 aliphatic rings. The Labute approximate surface area is 111 Å². The molecule has 1 fully saturated rings. The molecule has 5 nitrogen and oxygen atoms in total. The second-order valence-corrected chi connectivity index (χ2v) is 5.00.